The van der Waals surface area contributed by atoms with Gasteiger partial charge in [0.15, 0.2) is 0 Å². The SMILES string of the molecule is COc1cc(-c2nn(C3CCC(N4CCN(C)CC4)CC3)c3ccncc23)ccc1N. The van der Waals surface area contributed by atoms with Gasteiger partial charge in [-0.25, -0.2) is 0 Å². The zero-order valence-electron chi connectivity index (χ0n) is 18.5. The maximum absolute atomic E-state index is 6.03. The molecule has 0 spiro atoms. The van der Waals surface area contributed by atoms with Crippen molar-refractivity contribution in [3.8, 4) is 17.0 Å². The summed E-state index contributed by atoms with van der Waals surface area (Å²) < 4.78 is 7.68. The Morgan fingerprint density at radius 2 is 1.74 bits per heavy atom. The second kappa shape index (κ2) is 8.48. The molecular weight excluding hydrogens is 388 g/mol. The number of rotatable bonds is 4. The molecule has 0 bridgehead atoms. The summed E-state index contributed by atoms with van der Waals surface area (Å²) in [5.41, 5.74) is 9.77. The van der Waals surface area contributed by atoms with Gasteiger partial charge in [-0.1, -0.05) is 6.07 Å². The Morgan fingerprint density at radius 1 is 1.00 bits per heavy atom. The molecule has 1 saturated heterocycles. The van der Waals surface area contributed by atoms with E-state index in [0.717, 1.165) is 22.2 Å². The van der Waals surface area contributed by atoms with Gasteiger partial charge in [0.25, 0.3) is 0 Å². The number of pyridine rings is 1. The molecule has 7 nitrogen and oxygen atoms in total. The van der Waals surface area contributed by atoms with Crippen LogP contribution in [0.25, 0.3) is 22.2 Å². The van der Waals surface area contributed by atoms with Crippen molar-refractivity contribution >= 4 is 16.6 Å². The van der Waals surface area contributed by atoms with E-state index in [0.29, 0.717) is 23.5 Å². The van der Waals surface area contributed by atoms with Crippen LogP contribution < -0.4 is 10.5 Å². The average molecular weight is 421 g/mol. The van der Waals surface area contributed by atoms with Crippen LogP contribution in [0.2, 0.25) is 0 Å². The summed E-state index contributed by atoms with van der Waals surface area (Å²) in [5, 5.41) is 6.18. The lowest BCUT2D eigenvalue weighted by atomic mass is 9.89. The van der Waals surface area contributed by atoms with Crippen LogP contribution in [0.4, 0.5) is 5.69 Å². The molecule has 1 aromatic carbocycles. The van der Waals surface area contributed by atoms with Crippen molar-refractivity contribution in [2.45, 2.75) is 37.8 Å². The Kier molecular flexibility index (Phi) is 5.54. The van der Waals surface area contributed by atoms with Crippen LogP contribution >= 0.6 is 0 Å². The van der Waals surface area contributed by atoms with Crippen molar-refractivity contribution in [1.82, 2.24) is 24.6 Å². The maximum Gasteiger partial charge on any atom is 0.142 e. The van der Waals surface area contributed by atoms with Crippen molar-refractivity contribution in [3.05, 3.63) is 36.7 Å². The molecule has 5 rings (SSSR count). The van der Waals surface area contributed by atoms with E-state index < -0.39 is 0 Å². The highest BCUT2D eigenvalue weighted by Gasteiger charge is 2.30. The number of likely N-dealkylation sites (N-methyl/N-ethyl adjacent to an activating group) is 1. The monoisotopic (exact) mass is 420 g/mol. The molecule has 1 aliphatic carbocycles. The summed E-state index contributed by atoms with van der Waals surface area (Å²) in [6.07, 6.45) is 8.61. The third-order valence-corrected chi connectivity index (χ3v) is 7.08. The minimum Gasteiger partial charge on any atom is -0.495 e. The summed E-state index contributed by atoms with van der Waals surface area (Å²) in [6.45, 7) is 4.77. The van der Waals surface area contributed by atoms with E-state index in [1.165, 1.54) is 51.9 Å². The Hall–Kier alpha value is -2.64. The molecule has 0 unspecified atom stereocenters. The topological polar surface area (TPSA) is 72.4 Å². The molecule has 3 heterocycles. The van der Waals surface area contributed by atoms with Crippen molar-refractivity contribution in [1.29, 1.82) is 0 Å². The third-order valence-electron chi connectivity index (χ3n) is 7.08. The van der Waals surface area contributed by atoms with Gasteiger partial charge in [0.05, 0.1) is 24.4 Å². The molecule has 0 amide bonds. The fraction of sp³-hybridized carbons (Fsp3) is 0.500. The minimum absolute atomic E-state index is 0.429. The molecule has 0 atom stereocenters. The highest BCUT2D eigenvalue weighted by Crippen LogP contribution is 2.37. The number of methoxy groups -OCH3 is 1. The molecule has 2 fully saturated rings. The average Bonchev–Trinajstić information content (AvgIpc) is 3.20. The molecule has 164 valence electrons. The van der Waals surface area contributed by atoms with Crippen molar-refractivity contribution in [3.63, 3.8) is 0 Å². The van der Waals surface area contributed by atoms with Gasteiger partial charge in [0.2, 0.25) is 0 Å². The van der Waals surface area contributed by atoms with E-state index in [2.05, 4.69) is 32.6 Å². The van der Waals surface area contributed by atoms with Gasteiger partial charge in [-0.2, -0.15) is 5.10 Å². The van der Waals surface area contributed by atoms with Crippen LogP contribution in [-0.4, -0.2) is 70.9 Å². The number of aromatic nitrogens is 3. The summed E-state index contributed by atoms with van der Waals surface area (Å²) in [6, 6.07) is 9.11. The first-order chi connectivity index (χ1) is 15.1. The minimum atomic E-state index is 0.429. The summed E-state index contributed by atoms with van der Waals surface area (Å²) in [4.78, 5) is 9.51. The predicted octanol–water partition coefficient (Wildman–Crippen LogP) is 3.42. The number of hydrogen-bond acceptors (Lipinski definition) is 6. The van der Waals surface area contributed by atoms with Gasteiger partial charge >= 0.3 is 0 Å². The van der Waals surface area contributed by atoms with Crippen molar-refractivity contribution in [2.24, 2.45) is 0 Å². The Morgan fingerprint density at radius 3 is 2.48 bits per heavy atom. The Labute approximate surface area is 183 Å². The number of benzene rings is 1. The van der Waals surface area contributed by atoms with Crippen LogP contribution in [0.1, 0.15) is 31.7 Å². The first kappa shape index (κ1) is 20.3. The van der Waals surface area contributed by atoms with E-state index in [9.17, 15) is 0 Å². The third kappa shape index (κ3) is 3.88. The second-order valence-electron chi connectivity index (χ2n) is 8.94. The number of fused-ring (bicyclic) bond motifs is 1. The molecule has 31 heavy (non-hydrogen) atoms. The van der Waals surface area contributed by atoms with E-state index in [1.54, 1.807) is 7.11 Å². The number of nitrogen functional groups attached to an aromatic ring is 1. The van der Waals surface area contributed by atoms with Gasteiger partial charge < -0.3 is 15.4 Å². The fourth-order valence-corrected chi connectivity index (χ4v) is 5.19. The lowest BCUT2D eigenvalue weighted by Gasteiger charge is -2.41. The number of nitrogens with two attached hydrogens (primary N) is 1. The summed E-state index contributed by atoms with van der Waals surface area (Å²) >= 11 is 0. The molecule has 7 heteroatoms. The van der Waals surface area contributed by atoms with Crippen LogP contribution in [-0.2, 0) is 0 Å². The smallest absolute Gasteiger partial charge is 0.142 e. The standard InChI is InChI=1S/C24H32N6O/c1-28-11-13-29(14-12-28)18-4-6-19(7-5-18)30-22-9-10-26-16-20(22)24(27-30)17-3-8-21(25)23(15-17)31-2/h3,8-10,15-16,18-19H,4-7,11-14,25H2,1-2H3. The second-order valence-corrected chi connectivity index (χ2v) is 8.94. The molecule has 2 aromatic heterocycles. The molecular formula is C24H32N6O. The fourth-order valence-electron chi connectivity index (χ4n) is 5.19. The van der Waals surface area contributed by atoms with Gasteiger partial charge in [-0.3, -0.25) is 14.6 Å². The van der Waals surface area contributed by atoms with Crippen molar-refractivity contribution < 1.29 is 4.74 Å². The lowest BCUT2D eigenvalue weighted by Crippen LogP contribution is -2.49. The lowest BCUT2D eigenvalue weighted by molar-refractivity contribution is 0.0816. The first-order valence-electron chi connectivity index (χ1n) is 11.3. The largest absolute Gasteiger partial charge is 0.495 e. The molecule has 0 radical (unpaired) electrons. The molecule has 1 aliphatic heterocycles. The van der Waals surface area contributed by atoms with Crippen molar-refractivity contribution in [2.75, 3.05) is 46.1 Å². The summed E-state index contributed by atoms with van der Waals surface area (Å²) in [7, 11) is 3.87. The Bertz CT molecular complexity index is 1050. The zero-order chi connectivity index (χ0) is 21.4. The zero-order valence-corrected chi connectivity index (χ0v) is 18.5. The normalized spacial score (nSPS) is 23.3. The summed E-state index contributed by atoms with van der Waals surface area (Å²) in [5.74, 6) is 0.678. The maximum atomic E-state index is 6.03. The molecule has 2 N–H and O–H groups in total. The van der Waals surface area contributed by atoms with Crippen LogP contribution in [0.3, 0.4) is 0 Å². The van der Waals surface area contributed by atoms with E-state index >= 15 is 0 Å². The van der Waals surface area contributed by atoms with E-state index in [-0.39, 0.29) is 0 Å². The number of piperazine rings is 1. The van der Waals surface area contributed by atoms with Crippen LogP contribution in [0.5, 0.6) is 5.75 Å². The van der Waals surface area contributed by atoms with Gasteiger partial charge in [0.1, 0.15) is 11.4 Å². The van der Waals surface area contributed by atoms with Crippen LogP contribution in [0.15, 0.2) is 36.7 Å². The number of nitrogens with zero attached hydrogens (tertiary/aromatic N) is 5. The van der Waals surface area contributed by atoms with E-state index in [1.807, 2.05) is 30.6 Å². The quantitative estimate of drug-likeness (QED) is 0.652. The Balaban J connectivity index is 1.40. The number of ether oxygens (including phenoxy) is 1. The van der Waals surface area contributed by atoms with Gasteiger partial charge in [0, 0.05) is 55.6 Å². The number of hydrogen-bond donors (Lipinski definition) is 1. The highest BCUT2D eigenvalue weighted by atomic mass is 16.5. The molecule has 1 saturated carbocycles. The first-order valence-corrected chi connectivity index (χ1v) is 11.3. The molecule has 3 aromatic rings. The number of anilines is 1. The highest BCUT2D eigenvalue weighted by molar-refractivity contribution is 5.93. The molecule has 2 aliphatic rings. The van der Waals surface area contributed by atoms with Gasteiger partial charge in [-0.15, -0.1) is 0 Å². The van der Waals surface area contributed by atoms with Crippen LogP contribution in [0, 0.1) is 0 Å². The van der Waals surface area contributed by atoms with Gasteiger partial charge in [-0.05, 0) is 50.9 Å². The van der Waals surface area contributed by atoms with E-state index in [4.69, 9.17) is 15.6 Å². The predicted molar refractivity (Wildman–Crippen MR) is 124 cm³/mol.